The predicted octanol–water partition coefficient (Wildman–Crippen LogP) is 3.93. The van der Waals surface area contributed by atoms with E-state index in [1.54, 1.807) is 13.3 Å². The van der Waals surface area contributed by atoms with Crippen LogP contribution in [0.25, 0.3) is 0 Å². The zero-order valence-electron chi connectivity index (χ0n) is 14.8. The highest BCUT2D eigenvalue weighted by Gasteiger charge is 2.18. The fourth-order valence-electron chi connectivity index (χ4n) is 2.99. The Hall–Kier alpha value is -3.14. The van der Waals surface area contributed by atoms with Gasteiger partial charge in [0.1, 0.15) is 0 Å². The van der Waals surface area contributed by atoms with Crippen LogP contribution in [0.2, 0.25) is 0 Å². The molecular weight excluding hydrogens is 324 g/mol. The average molecular weight is 346 g/mol. The van der Waals surface area contributed by atoms with Crippen LogP contribution in [0.3, 0.4) is 0 Å². The zero-order valence-corrected chi connectivity index (χ0v) is 14.8. The lowest BCUT2D eigenvalue weighted by atomic mass is 9.88. The van der Waals surface area contributed by atoms with Gasteiger partial charge < -0.3 is 10.1 Å². The predicted molar refractivity (Wildman–Crippen MR) is 102 cm³/mol. The van der Waals surface area contributed by atoms with Crippen LogP contribution >= 0.6 is 0 Å². The number of aromatic nitrogens is 1. The molecule has 0 saturated carbocycles. The van der Waals surface area contributed by atoms with Crippen molar-refractivity contribution >= 4 is 5.91 Å². The van der Waals surface area contributed by atoms with Crippen LogP contribution in [0.4, 0.5) is 0 Å². The minimum absolute atomic E-state index is 0.00591. The number of methoxy groups -OCH3 is 1. The first-order valence-electron chi connectivity index (χ1n) is 8.62. The minimum atomic E-state index is -0.00591. The molecule has 0 saturated heterocycles. The molecule has 0 aliphatic carbocycles. The third kappa shape index (κ3) is 4.48. The summed E-state index contributed by atoms with van der Waals surface area (Å²) in [5, 5.41) is 2.98. The molecule has 1 aromatic heterocycles. The van der Waals surface area contributed by atoms with Gasteiger partial charge in [0.25, 0.3) is 0 Å². The largest absolute Gasteiger partial charge is 0.481 e. The molecule has 132 valence electrons. The topological polar surface area (TPSA) is 51.2 Å². The first-order valence-corrected chi connectivity index (χ1v) is 8.62. The summed E-state index contributed by atoms with van der Waals surface area (Å²) in [6.07, 6.45) is 2.06. The van der Waals surface area contributed by atoms with E-state index in [9.17, 15) is 4.79 Å². The van der Waals surface area contributed by atoms with Crippen molar-refractivity contribution in [3.63, 3.8) is 0 Å². The molecule has 2 aromatic carbocycles. The van der Waals surface area contributed by atoms with Crippen molar-refractivity contribution in [1.29, 1.82) is 0 Å². The number of amides is 1. The van der Waals surface area contributed by atoms with Crippen molar-refractivity contribution < 1.29 is 9.53 Å². The minimum Gasteiger partial charge on any atom is -0.481 e. The Morgan fingerprint density at radius 2 is 1.58 bits per heavy atom. The highest BCUT2D eigenvalue weighted by atomic mass is 16.5. The number of nitrogens with one attached hydrogen (secondary N) is 1. The van der Waals surface area contributed by atoms with E-state index >= 15 is 0 Å². The molecule has 1 amide bonds. The number of rotatable bonds is 7. The van der Waals surface area contributed by atoms with Crippen LogP contribution in [-0.2, 0) is 11.3 Å². The Kier molecular flexibility index (Phi) is 5.99. The van der Waals surface area contributed by atoms with Gasteiger partial charge in [0.2, 0.25) is 11.8 Å². The van der Waals surface area contributed by atoms with Crippen LogP contribution in [0.1, 0.15) is 29.0 Å². The van der Waals surface area contributed by atoms with Crippen LogP contribution in [0.5, 0.6) is 5.88 Å². The molecule has 1 heterocycles. The van der Waals surface area contributed by atoms with Crippen LogP contribution in [-0.4, -0.2) is 18.0 Å². The maximum atomic E-state index is 12.6. The van der Waals surface area contributed by atoms with Crippen molar-refractivity contribution in [1.82, 2.24) is 10.3 Å². The van der Waals surface area contributed by atoms with E-state index in [2.05, 4.69) is 34.6 Å². The Bertz CT molecular complexity index is 796. The first-order chi connectivity index (χ1) is 12.8. The monoisotopic (exact) mass is 346 g/mol. The van der Waals surface area contributed by atoms with E-state index in [-0.39, 0.29) is 11.8 Å². The lowest BCUT2D eigenvalue weighted by Crippen LogP contribution is -2.25. The molecule has 26 heavy (non-hydrogen) atoms. The summed E-state index contributed by atoms with van der Waals surface area (Å²) in [6.45, 7) is 0.395. The summed E-state index contributed by atoms with van der Waals surface area (Å²) in [4.78, 5) is 16.8. The van der Waals surface area contributed by atoms with E-state index in [1.807, 2.05) is 48.5 Å². The molecule has 0 bridgehead atoms. The Balaban J connectivity index is 1.72. The lowest BCUT2D eigenvalue weighted by Gasteiger charge is -2.18. The highest BCUT2D eigenvalue weighted by molar-refractivity contribution is 5.77. The number of carbonyl (C=O) groups is 1. The molecule has 0 spiro atoms. The van der Waals surface area contributed by atoms with Gasteiger partial charge in [-0.15, -0.1) is 0 Å². The molecule has 0 atom stereocenters. The summed E-state index contributed by atoms with van der Waals surface area (Å²) in [5.41, 5.74) is 3.12. The number of pyridine rings is 1. The number of ether oxygens (including phenoxy) is 1. The van der Waals surface area contributed by atoms with E-state index in [0.717, 1.165) is 16.7 Å². The maximum Gasteiger partial charge on any atom is 0.221 e. The smallest absolute Gasteiger partial charge is 0.221 e. The first kappa shape index (κ1) is 17.7. The van der Waals surface area contributed by atoms with Crippen molar-refractivity contribution in [3.05, 3.63) is 95.7 Å². The summed E-state index contributed by atoms with van der Waals surface area (Å²) < 4.78 is 5.23. The van der Waals surface area contributed by atoms with Crippen LogP contribution < -0.4 is 10.1 Å². The second-order valence-corrected chi connectivity index (χ2v) is 6.03. The molecule has 0 radical (unpaired) electrons. The fraction of sp³-hybridized carbons (Fsp3) is 0.182. The summed E-state index contributed by atoms with van der Waals surface area (Å²) in [6, 6.07) is 24.0. The summed E-state index contributed by atoms with van der Waals surface area (Å²) in [7, 11) is 1.58. The van der Waals surface area contributed by atoms with Gasteiger partial charge >= 0.3 is 0 Å². The lowest BCUT2D eigenvalue weighted by molar-refractivity contribution is -0.121. The molecule has 1 N–H and O–H groups in total. The normalized spacial score (nSPS) is 10.5. The number of benzene rings is 2. The Morgan fingerprint density at radius 1 is 0.962 bits per heavy atom. The van der Waals surface area contributed by atoms with Gasteiger partial charge in [-0.25, -0.2) is 4.98 Å². The molecule has 0 unspecified atom stereocenters. The number of carbonyl (C=O) groups excluding carboxylic acids is 1. The zero-order chi connectivity index (χ0) is 18.2. The van der Waals surface area contributed by atoms with Gasteiger partial charge in [-0.05, 0) is 17.2 Å². The maximum absolute atomic E-state index is 12.6. The van der Waals surface area contributed by atoms with Gasteiger partial charge in [-0.2, -0.15) is 0 Å². The van der Waals surface area contributed by atoms with Crippen molar-refractivity contribution in [2.24, 2.45) is 0 Å². The number of hydrogen-bond acceptors (Lipinski definition) is 3. The second-order valence-electron chi connectivity index (χ2n) is 6.03. The van der Waals surface area contributed by atoms with E-state index in [0.29, 0.717) is 18.8 Å². The van der Waals surface area contributed by atoms with E-state index < -0.39 is 0 Å². The molecule has 0 aliphatic heterocycles. The third-order valence-electron chi connectivity index (χ3n) is 4.31. The molecule has 0 fully saturated rings. The van der Waals surface area contributed by atoms with Gasteiger partial charge in [-0.3, -0.25) is 4.79 Å². The van der Waals surface area contributed by atoms with E-state index in [1.165, 1.54) is 0 Å². The molecule has 4 heteroatoms. The molecular formula is C22H22N2O2. The van der Waals surface area contributed by atoms with Crippen molar-refractivity contribution in [2.75, 3.05) is 7.11 Å². The Morgan fingerprint density at radius 3 is 2.15 bits per heavy atom. The third-order valence-corrected chi connectivity index (χ3v) is 4.31. The molecule has 0 aliphatic rings. The van der Waals surface area contributed by atoms with Crippen LogP contribution in [0, 0.1) is 0 Å². The standard InChI is InChI=1S/C22H22N2O2/c1-26-22-19(13-8-14-23-22)16-24-21(25)15-20(17-9-4-2-5-10-17)18-11-6-3-7-12-18/h2-14,20H,15-16H2,1H3,(H,24,25). The fourth-order valence-corrected chi connectivity index (χ4v) is 2.99. The van der Waals surface area contributed by atoms with Gasteiger partial charge in [0.05, 0.1) is 7.11 Å². The number of hydrogen-bond donors (Lipinski definition) is 1. The average Bonchev–Trinajstić information content (AvgIpc) is 2.72. The van der Waals surface area contributed by atoms with E-state index in [4.69, 9.17) is 4.74 Å². The second kappa shape index (κ2) is 8.81. The summed E-state index contributed by atoms with van der Waals surface area (Å²) >= 11 is 0. The van der Waals surface area contributed by atoms with Crippen LogP contribution in [0.15, 0.2) is 79.0 Å². The SMILES string of the molecule is COc1ncccc1CNC(=O)CC(c1ccccc1)c1ccccc1. The van der Waals surface area contributed by atoms with Crippen molar-refractivity contribution in [3.8, 4) is 5.88 Å². The molecule has 4 nitrogen and oxygen atoms in total. The number of nitrogens with zero attached hydrogens (tertiary/aromatic N) is 1. The Labute approximate surface area is 153 Å². The van der Waals surface area contributed by atoms with Crippen molar-refractivity contribution in [2.45, 2.75) is 18.9 Å². The quantitative estimate of drug-likeness (QED) is 0.705. The van der Waals surface area contributed by atoms with Gasteiger partial charge in [0.15, 0.2) is 0 Å². The highest BCUT2D eigenvalue weighted by Crippen LogP contribution is 2.27. The van der Waals surface area contributed by atoms with Gasteiger partial charge in [-0.1, -0.05) is 66.7 Å². The summed E-state index contributed by atoms with van der Waals surface area (Å²) in [5.74, 6) is 0.553. The molecule has 3 rings (SSSR count). The van der Waals surface area contributed by atoms with Gasteiger partial charge in [0, 0.05) is 30.6 Å². The molecule has 3 aromatic rings.